The molecular weight excluding hydrogens is 174 g/mol. The number of nitrogens with one attached hydrogen (secondary N) is 1. The van der Waals surface area contributed by atoms with E-state index in [-0.39, 0.29) is 0 Å². The molecule has 1 heterocycles. The summed E-state index contributed by atoms with van der Waals surface area (Å²) in [4.78, 5) is 0. The van der Waals surface area contributed by atoms with Crippen molar-refractivity contribution < 1.29 is 4.57 Å². The third-order valence-electron chi connectivity index (χ3n) is 0.270. The maximum Gasteiger partial charge on any atom is 0.163 e. The van der Waals surface area contributed by atoms with E-state index in [4.69, 9.17) is 11.2 Å². The van der Waals surface area contributed by atoms with Crippen molar-refractivity contribution in [3.05, 3.63) is 6.33 Å². The molecule has 0 aliphatic carbocycles. The molecule has 0 amide bonds. The van der Waals surface area contributed by atoms with Gasteiger partial charge in [-0.05, 0) is 10.4 Å². The first-order valence-electron chi connectivity index (χ1n) is 2.42. The minimum atomic E-state index is -2.17. The summed E-state index contributed by atoms with van der Waals surface area (Å²) in [7, 11) is 0. The van der Waals surface area contributed by atoms with Crippen LogP contribution in [0.15, 0.2) is 6.33 Å². The number of rotatable bonds is 0. The molecule has 0 bridgehead atoms. The number of H-pyrrole nitrogens is 1. The number of aromatic amines is 1. The average molecular weight is 183 g/mol. The minimum Gasteiger partial charge on any atom is -0.307 e. The van der Waals surface area contributed by atoms with Crippen LogP contribution in [-0.2, 0) is 4.57 Å². The van der Waals surface area contributed by atoms with Gasteiger partial charge in [0.15, 0.2) is 6.49 Å². The molecule has 0 spiro atoms. The second-order valence-corrected chi connectivity index (χ2v) is 6.66. The van der Waals surface area contributed by atoms with E-state index in [0.717, 1.165) is 0 Å². The quantitative estimate of drug-likeness (QED) is 0.607. The van der Waals surface area contributed by atoms with Crippen LogP contribution in [0.1, 0.15) is 0 Å². The Morgan fingerprint density at radius 1 is 1.60 bits per heavy atom. The summed E-state index contributed by atoms with van der Waals surface area (Å²) in [5.74, 6) is 0. The van der Waals surface area contributed by atoms with Gasteiger partial charge < -0.3 is 4.57 Å². The van der Waals surface area contributed by atoms with Crippen LogP contribution in [0.3, 0.4) is 0 Å². The van der Waals surface area contributed by atoms with E-state index in [1.807, 2.05) is 0 Å². The van der Waals surface area contributed by atoms with Crippen LogP contribution in [0.5, 0.6) is 0 Å². The number of hydrogen-bond donors (Lipinski definition) is 1. The standard InChI is InChI=1S/C2H6ClOP.CH2N4/c1-5(2,3)4;1-2-4-5-3-1/h1-2H3;1H,(H,2,3,4,5). The van der Waals surface area contributed by atoms with Gasteiger partial charge in [0, 0.05) is 13.3 Å². The maximum atomic E-state index is 9.98. The topological polar surface area (TPSA) is 71.5 Å². The molecule has 0 aromatic carbocycles. The van der Waals surface area contributed by atoms with Crippen LogP contribution in [0.25, 0.3) is 0 Å². The number of aromatic nitrogens is 4. The lowest BCUT2D eigenvalue weighted by Crippen LogP contribution is -1.64. The van der Waals surface area contributed by atoms with Crippen LogP contribution in [-0.4, -0.2) is 34.0 Å². The van der Waals surface area contributed by atoms with Gasteiger partial charge in [-0.2, -0.15) is 0 Å². The summed E-state index contributed by atoms with van der Waals surface area (Å²) in [5.41, 5.74) is 0. The third-order valence-corrected chi connectivity index (χ3v) is 0.270. The molecule has 5 nitrogen and oxygen atoms in total. The Kier molecular flexibility index (Phi) is 4.23. The first-order chi connectivity index (χ1) is 4.50. The molecular formula is C3H8ClN4OP. The van der Waals surface area contributed by atoms with Crippen LogP contribution >= 0.6 is 17.7 Å². The largest absolute Gasteiger partial charge is 0.307 e. The van der Waals surface area contributed by atoms with Gasteiger partial charge in [-0.1, -0.05) is 11.2 Å². The van der Waals surface area contributed by atoms with E-state index in [9.17, 15) is 4.57 Å². The smallest absolute Gasteiger partial charge is 0.163 e. The van der Waals surface area contributed by atoms with E-state index in [1.165, 1.54) is 19.7 Å². The van der Waals surface area contributed by atoms with Crippen molar-refractivity contribution in [2.75, 3.05) is 13.3 Å². The minimum absolute atomic E-state index is 1.40. The molecule has 10 heavy (non-hydrogen) atoms. The highest BCUT2D eigenvalue weighted by atomic mass is 35.7. The number of hydrogen-bond acceptors (Lipinski definition) is 4. The van der Waals surface area contributed by atoms with Crippen molar-refractivity contribution in [3.63, 3.8) is 0 Å². The molecule has 1 rings (SSSR count). The second-order valence-electron chi connectivity index (χ2n) is 1.78. The first-order valence-corrected chi connectivity index (χ1v) is 5.92. The number of halogens is 1. The van der Waals surface area contributed by atoms with E-state index >= 15 is 0 Å². The highest BCUT2D eigenvalue weighted by Crippen LogP contribution is 2.41. The summed E-state index contributed by atoms with van der Waals surface area (Å²) in [6.45, 7) is 0.850. The van der Waals surface area contributed by atoms with E-state index in [1.54, 1.807) is 0 Å². The predicted octanol–water partition coefficient (Wildman–Crippen LogP) is 0.963. The Morgan fingerprint density at radius 2 is 2.10 bits per heavy atom. The van der Waals surface area contributed by atoms with E-state index < -0.39 is 6.49 Å². The zero-order valence-electron chi connectivity index (χ0n) is 5.65. The highest BCUT2D eigenvalue weighted by Gasteiger charge is 1.93. The predicted molar refractivity (Wildman–Crippen MR) is 39.5 cm³/mol. The first kappa shape index (κ1) is 9.59. The van der Waals surface area contributed by atoms with Crippen LogP contribution in [0.2, 0.25) is 0 Å². The monoisotopic (exact) mass is 182 g/mol. The van der Waals surface area contributed by atoms with Crippen LogP contribution < -0.4 is 0 Å². The molecule has 0 saturated heterocycles. The lowest BCUT2D eigenvalue weighted by molar-refractivity contribution is 0.591. The van der Waals surface area contributed by atoms with Gasteiger partial charge in [0.2, 0.25) is 0 Å². The maximum absolute atomic E-state index is 9.98. The molecule has 58 valence electrons. The summed E-state index contributed by atoms with van der Waals surface area (Å²) in [6, 6.07) is 0. The zero-order valence-corrected chi connectivity index (χ0v) is 7.30. The van der Waals surface area contributed by atoms with Crippen molar-refractivity contribution in [2.45, 2.75) is 0 Å². The van der Waals surface area contributed by atoms with E-state index in [0.29, 0.717) is 0 Å². The molecule has 7 heteroatoms. The van der Waals surface area contributed by atoms with Crippen LogP contribution in [0, 0.1) is 0 Å². The van der Waals surface area contributed by atoms with Crippen molar-refractivity contribution in [3.8, 4) is 0 Å². The summed E-state index contributed by atoms with van der Waals surface area (Å²) in [5, 5.41) is 12.1. The molecule has 1 aromatic rings. The number of tetrazole rings is 1. The molecule has 0 aliphatic heterocycles. The van der Waals surface area contributed by atoms with Gasteiger partial charge >= 0.3 is 0 Å². The molecule has 1 N–H and O–H groups in total. The van der Waals surface area contributed by atoms with Crippen molar-refractivity contribution in [1.82, 2.24) is 20.6 Å². The van der Waals surface area contributed by atoms with Gasteiger partial charge in [-0.15, -0.1) is 5.10 Å². The normalized spacial score (nSPS) is 9.90. The van der Waals surface area contributed by atoms with Gasteiger partial charge in [-0.25, -0.2) is 5.10 Å². The Labute approximate surface area is 63.3 Å². The summed E-state index contributed by atoms with van der Waals surface area (Å²) in [6.07, 6.45) is 1.40. The van der Waals surface area contributed by atoms with Gasteiger partial charge in [0.05, 0.1) is 0 Å². The Hall–Kier alpha value is -0.410. The molecule has 0 atom stereocenters. The Morgan fingerprint density at radius 3 is 2.20 bits per heavy atom. The fraction of sp³-hybridized carbons (Fsp3) is 0.667. The summed E-state index contributed by atoms with van der Waals surface area (Å²) < 4.78 is 9.98. The lowest BCUT2D eigenvalue weighted by atomic mass is 11.4. The van der Waals surface area contributed by atoms with Crippen molar-refractivity contribution in [2.24, 2.45) is 0 Å². The van der Waals surface area contributed by atoms with Gasteiger partial charge in [0.1, 0.15) is 6.33 Å². The molecule has 0 unspecified atom stereocenters. The summed E-state index contributed by atoms with van der Waals surface area (Å²) >= 11 is 5.09. The Bertz CT molecular complexity index is 169. The van der Waals surface area contributed by atoms with Gasteiger partial charge in [0.25, 0.3) is 0 Å². The molecule has 0 fully saturated rings. The van der Waals surface area contributed by atoms with Gasteiger partial charge in [-0.3, -0.25) is 0 Å². The lowest BCUT2D eigenvalue weighted by Gasteiger charge is -1.82. The fourth-order valence-electron chi connectivity index (χ4n) is 0.129. The SMILES string of the molecule is CP(C)(=O)Cl.c1nnn[nH]1. The van der Waals surface area contributed by atoms with E-state index in [2.05, 4.69) is 20.6 Å². The molecule has 0 radical (unpaired) electrons. The second kappa shape index (κ2) is 4.41. The van der Waals surface area contributed by atoms with Crippen molar-refractivity contribution >= 4 is 17.7 Å². The van der Waals surface area contributed by atoms with Crippen LogP contribution in [0.4, 0.5) is 0 Å². The fourth-order valence-corrected chi connectivity index (χ4v) is 0.129. The Balaban J connectivity index is 0.000000162. The zero-order chi connectivity index (χ0) is 8.04. The van der Waals surface area contributed by atoms with Crippen molar-refractivity contribution in [1.29, 1.82) is 0 Å². The molecule has 1 aromatic heterocycles. The molecule has 0 saturated carbocycles. The third kappa shape index (κ3) is 15.6. The average Bonchev–Trinajstić information content (AvgIpc) is 2.07. The number of nitrogens with zero attached hydrogens (tertiary/aromatic N) is 3. The molecule has 0 aliphatic rings. The highest BCUT2D eigenvalue weighted by molar-refractivity contribution is 7.88.